The molecule has 0 rings (SSSR count). The molecule has 2 atom stereocenters. The number of aliphatic hydroxyl groups is 1. The molecule has 3 N–H and O–H groups in total. The second-order valence-electron chi connectivity index (χ2n) is 10.8. The van der Waals surface area contributed by atoms with Gasteiger partial charge in [0.2, 0.25) is 5.91 Å². The van der Waals surface area contributed by atoms with Crippen LogP contribution in [0.5, 0.6) is 0 Å². The van der Waals surface area contributed by atoms with Crippen LogP contribution in [0.25, 0.3) is 0 Å². The van der Waals surface area contributed by atoms with Gasteiger partial charge in [-0.05, 0) is 12.8 Å². The second-order valence-corrected chi connectivity index (χ2v) is 12.2. The van der Waals surface area contributed by atoms with Crippen LogP contribution in [-0.2, 0) is 27.9 Å². The summed E-state index contributed by atoms with van der Waals surface area (Å²) in [6, 6.07) is 0. The SMILES string of the molecule is CCCCCCCCCCCCCCCCCCC(=O)OCC(O)COP(=O)(O)OCCNC(=O)CCCCC. The predicted octanol–water partition coefficient (Wildman–Crippen LogP) is 7.37. The first-order valence-corrected chi connectivity index (χ1v) is 17.5. The van der Waals surface area contributed by atoms with Crippen LogP contribution in [0, 0.1) is 0 Å². The summed E-state index contributed by atoms with van der Waals surface area (Å²) in [6.45, 7) is 3.37. The van der Waals surface area contributed by atoms with Gasteiger partial charge in [-0.3, -0.25) is 18.6 Å². The van der Waals surface area contributed by atoms with Crippen LogP contribution in [0.4, 0.5) is 0 Å². The number of rotatable bonds is 30. The van der Waals surface area contributed by atoms with E-state index in [2.05, 4.69) is 12.2 Å². The number of hydrogen-bond donors (Lipinski definition) is 3. The molecule has 238 valence electrons. The van der Waals surface area contributed by atoms with Crippen LogP contribution in [-0.4, -0.2) is 54.3 Å². The molecule has 40 heavy (non-hydrogen) atoms. The fourth-order valence-corrected chi connectivity index (χ4v) is 5.08. The minimum Gasteiger partial charge on any atom is -0.463 e. The fraction of sp³-hybridized carbons (Fsp3) is 0.933. The van der Waals surface area contributed by atoms with Crippen LogP contribution in [0.15, 0.2) is 0 Å². The van der Waals surface area contributed by atoms with E-state index in [-0.39, 0.29) is 32.1 Å². The molecule has 0 aromatic rings. The quantitative estimate of drug-likeness (QED) is 0.0447. The molecular formula is C30H60NO8P. The van der Waals surface area contributed by atoms with Gasteiger partial charge in [-0.15, -0.1) is 0 Å². The maximum Gasteiger partial charge on any atom is 0.472 e. The Balaban J connectivity index is 3.56. The first kappa shape index (κ1) is 39.0. The third-order valence-corrected chi connectivity index (χ3v) is 7.77. The third kappa shape index (κ3) is 28.5. The van der Waals surface area contributed by atoms with Gasteiger partial charge in [-0.25, -0.2) is 4.57 Å². The molecular weight excluding hydrogens is 533 g/mol. The molecule has 0 aromatic carbocycles. The van der Waals surface area contributed by atoms with Gasteiger partial charge in [-0.1, -0.05) is 123 Å². The first-order valence-electron chi connectivity index (χ1n) is 16.0. The highest BCUT2D eigenvalue weighted by Crippen LogP contribution is 2.42. The van der Waals surface area contributed by atoms with E-state index in [0.29, 0.717) is 6.42 Å². The Labute approximate surface area is 244 Å². The Kier molecular flexibility index (Phi) is 27.4. The normalized spacial score (nSPS) is 13.6. The summed E-state index contributed by atoms with van der Waals surface area (Å²) in [6.07, 6.45) is 22.5. The fourth-order valence-electron chi connectivity index (χ4n) is 4.32. The van der Waals surface area contributed by atoms with Crippen molar-refractivity contribution in [2.45, 2.75) is 155 Å². The third-order valence-electron chi connectivity index (χ3n) is 6.79. The number of ether oxygens (including phenoxy) is 1. The van der Waals surface area contributed by atoms with E-state index in [1.165, 1.54) is 83.5 Å². The van der Waals surface area contributed by atoms with Crippen LogP contribution in [0.3, 0.4) is 0 Å². The molecule has 0 saturated heterocycles. The summed E-state index contributed by atoms with van der Waals surface area (Å²) in [5.41, 5.74) is 0. The van der Waals surface area contributed by atoms with Crippen LogP contribution in [0.1, 0.15) is 149 Å². The molecule has 10 heteroatoms. The van der Waals surface area contributed by atoms with E-state index in [9.17, 15) is 24.2 Å². The molecule has 0 heterocycles. The summed E-state index contributed by atoms with van der Waals surface area (Å²) in [4.78, 5) is 33.1. The molecule has 0 aliphatic carbocycles. The maximum atomic E-state index is 11.9. The molecule has 1 amide bonds. The summed E-state index contributed by atoms with van der Waals surface area (Å²) >= 11 is 0. The van der Waals surface area contributed by atoms with Crippen molar-refractivity contribution in [3.8, 4) is 0 Å². The highest BCUT2D eigenvalue weighted by molar-refractivity contribution is 7.47. The second kappa shape index (κ2) is 28.1. The molecule has 0 aliphatic heterocycles. The zero-order valence-electron chi connectivity index (χ0n) is 25.5. The number of nitrogens with one attached hydrogen (secondary N) is 1. The Morgan fingerprint density at radius 3 is 1.65 bits per heavy atom. The highest BCUT2D eigenvalue weighted by atomic mass is 31.2. The van der Waals surface area contributed by atoms with E-state index in [0.717, 1.165) is 38.5 Å². The average Bonchev–Trinajstić information content (AvgIpc) is 2.93. The summed E-state index contributed by atoms with van der Waals surface area (Å²) in [7, 11) is -4.38. The lowest BCUT2D eigenvalue weighted by atomic mass is 10.0. The van der Waals surface area contributed by atoms with Crippen molar-refractivity contribution in [2.24, 2.45) is 0 Å². The lowest BCUT2D eigenvalue weighted by molar-refractivity contribution is -0.147. The van der Waals surface area contributed by atoms with E-state index in [4.69, 9.17) is 13.8 Å². The molecule has 9 nitrogen and oxygen atoms in total. The molecule has 0 saturated carbocycles. The minimum absolute atomic E-state index is 0.0817. The molecule has 0 spiro atoms. The lowest BCUT2D eigenvalue weighted by Crippen LogP contribution is -2.27. The van der Waals surface area contributed by atoms with E-state index in [1.54, 1.807) is 0 Å². The van der Waals surface area contributed by atoms with E-state index in [1.807, 2.05) is 6.92 Å². The van der Waals surface area contributed by atoms with Crippen molar-refractivity contribution in [1.82, 2.24) is 5.32 Å². The maximum absolute atomic E-state index is 11.9. The monoisotopic (exact) mass is 593 g/mol. The number of amides is 1. The number of phosphoric ester groups is 1. The molecule has 0 fully saturated rings. The van der Waals surface area contributed by atoms with Crippen molar-refractivity contribution in [3.63, 3.8) is 0 Å². The van der Waals surface area contributed by atoms with Gasteiger partial charge >= 0.3 is 13.8 Å². The average molecular weight is 594 g/mol. The van der Waals surface area contributed by atoms with Crippen molar-refractivity contribution in [3.05, 3.63) is 0 Å². The predicted molar refractivity (Wildman–Crippen MR) is 160 cm³/mol. The van der Waals surface area contributed by atoms with Crippen molar-refractivity contribution in [1.29, 1.82) is 0 Å². The standard InChI is InChI=1S/C30H60NO8P/c1-3-5-7-8-9-10-11-12-13-14-15-16-17-18-19-21-23-30(34)37-26-28(32)27-39-40(35,36)38-25-24-31-29(33)22-20-6-4-2/h28,32H,3-27H2,1-2H3,(H,31,33)(H,35,36). The van der Waals surface area contributed by atoms with Gasteiger partial charge in [0.25, 0.3) is 0 Å². The van der Waals surface area contributed by atoms with Crippen LogP contribution in [0.2, 0.25) is 0 Å². The van der Waals surface area contributed by atoms with Gasteiger partial charge in [0.05, 0.1) is 13.2 Å². The van der Waals surface area contributed by atoms with Crippen molar-refractivity contribution >= 4 is 19.7 Å². The Hall–Kier alpha value is -0.990. The summed E-state index contributed by atoms with van der Waals surface area (Å²) in [5.74, 6) is -0.537. The van der Waals surface area contributed by atoms with E-state index < -0.39 is 26.5 Å². The zero-order chi connectivity index (χ0) is 29.7. The lowest BCUT2D eigenvalue weighted by Gasteiger charge is -2.15. The highest BCUT2D eigenvalue weighted by Gasteiger charge is 2.23. The zero-order valence-corrected chi connectivity index (χ0v) is 26.4. The van der Waals surface area contributed by atoms with Crippen molar-refractivity contribution < 1.29 is 37.9 Å². The van der Waals surface area contributed by atoms with Crippen LogP contribution >= 0.6 is 7.82 Å². The molecule has 0 aliphatic rings. The smallest absolute Gasteiger partial charge is 0.463 e. The van der Waals surface area contributed by atoms with Gasteiger partial charge in [0.1, 0.15) is 12.7 Å². The van der Waals surface area contributed by atoms with Gasteiger partial charge in [-0.2, -0.15) is 0 Å². The largest absolute Gasteiger partial charge is 0.472 e. The summed E-state index contributed by atoms with van der Waals surface area (Å²) in [5, 5.41) is 12.5. The van der Waals surface area contributed by atoms with E-state index >= 15 is 0 Å². The van der Waals surface area contributed by atoms with Crippen LogP contribution < -0.4 is 5.32 Å². The topological polar surface area (TPSA) is 131 Å². The van der Waals surface area contributed by atoms with Gasteiger partial charge in [0.15, 0.2) is 0 Å². The Morgan fingerprint density at radius 2 is 1.12 bits per heavy atom. The van der Waals surface area contributed by atoms with Gasteiger partial charge in [0, 0.05) is 19.4 Å². The molecule has 0 bridgehead atoms. The number of hydrogen-bond acceptors (Lipinski definition) is 7. The Morgan fingerprint density at radius 1 is 0.675 bits per heavy atom. The number of unbranched alkanes of at least 4 members (excludes halogenated alkanes) is 17. The van der Waals surface area contributed by atoms with Crippen molar-refractivity contribution in [2.75, 3.05) is 26.4 Å². The minimum atomic E-state index is -4.38. The molecule has 2 unspecified atom stereocenters. The Bertz CT molecular complexity index is 649. The first-order chi connectivity index (χ1) is 19.3. The number of esters is 1. The molecule has 0 aromatic heterocycles. The number of carbonyl (C=O) groups is 2. The number of phosphoric acid groups is 1. The number of aliphatic hydroxyl groups excluding tert-OH is 1. The molecule has 0 radical (unpaired) electrons. The number of carbonyl (C=O) groups excluding carboxylic acids is 2. The summed E-state index contributed by atoms with van der Waals surface area (Å²) < 4.78 is 26.4. The van der Waals surface area contributed by atoms with Gasteiger partial charge < -0.3 is 20.1 Å².